The molecule has 0 aromatic heterocycles. The van der Waals surface area contributed by atoms with Crippen LogP contribution in [-0.2, 0) is 4.79 Å². The Morgan fingerprint density at radius 3 is 2.36 bits per heavy atom. The third-order valence-electron chi connectivity index (χ3n) is 6.80. The van der Waals surface area contributed by atoms with Gasteiger partial charge in [-0.2, -0.15) is 0 Å². The first-order valence-corrected chi connectivity index (χ1v) is 11.9. The zero-order chi connectivity index (χ0) is 23.5. The van der Waals surface area contributed by atoms with Crippen molar-refractivity contribution < 1.29 is 18.6 Å². The first-order chi connectivity index (χ1) is 15.9. The molecule has 2 fully saturated rings. The molecular formula is C24H34FN6O2+. The smallest absolute Gasteiger partial charge is 0.333 e. The van der Waals surface area contributed by atoms with Crippen molar-refractivity contribution >= 4 is 29.3 Å². The molecule has 3 aliphatic rings. The predicted molar refractivity (Wildman–Crippen MR) is 126 cm³/mol. The third-order valence-corrected chi connectivity index (χ3v) is 6.80. The molecule has 4 rings (SSSR count). The van der Waals surface area contributed by atoms with Crippen molar-refractivity contribution in [2.24, 2.45) is 4.99 Å². The number of piperazine rings is 1. The number of urea groups is 1. The minimum absolute atomic E-state index is 0.205. The van der Waals surface area contributed by atoms with E-state index < -0.39 is 6.04 Å². The molecule has 8 nitrogen and oxygen atoms in total. The third kappa shape index (κ3) is 4.78. The van der Waals surface area contributed by atoms with Gasteiger partial charge in [-0.1, -0.05) is 19.8 Å². The van der Waals surface area contributed by atoms with E-state index in [9.17, 15) is 14.0 Å². The summed E-state index contributed by atoms with van der Waals surface area (Å²) in [5.74, 6) is 0.977. The molecule has 0 spiro atoms. The van der Waals surface area contributed by atoms with Gasteiger partial charge < -0.3 is 4.90 Å². The number of fused-ring (bicyclic) bond motifs is 1. The normalized spacial score (nSPS) is 21.8. The standard InChI is InChI=1S/C24H34FN6O2/c1-4-5-6-7-12-31-20(26-22-21(31)23(32)28(3)24(33)27(22)2)17-29-13-15-30(16-14-29)19-10-8-18(25)9-11-19/h8-11,21H,4-7,12-17H2,1-3H3/q+1. The Morgan fingerprint density at radius 1 is 1.00 bits per heavy atom. The van der Waals surface area contributed by atoms with Crippen LogP contribution in [0.4, 0.5) is 14.9 Å². The Hall–Kier alpha value is -2.81. The van der Waals surface area contributed by atoms with Crippen LogP contribution in [0.15, 0.2) is 29.3 Å². The number of carbonyl (C=O) groups is 2. The number of hydrogen-bond acceptors (Lipinski definition) is 5. The zero-order valence-electron chi connectivity index (χ0n) is 19.8. The fourth-order valence-electron chi connectivity index (χ4n) is 4.76. The fraction of sp³-hybridized carbons (Fsp3) is 0.583. The van der Waals surface area contributed by atoms with Crippen LogP contribution >= 0.6 is 0 Å². The average Bonchev–Trinajstić information content (AvgIpc) is 3.18. The molecule has 0 saturated carbocycles. The van der Waals surface area contributed by atoms with Gasteiger partial charge in [0.15, 0.2) is 0 Å². The van der Waals surface area contributed by atoms with Crippen LogP contribution in [-0.4, -0.2) is 102 Å². The van der Waals surface area contributed by atoms with E-state index in [-0.39, 0.29) is 17.8 Å². The van der Waals surface area contributed by atoms with E-state index in [1.807, 2.05) is 12.1 Å². The summed E-state index contributed by atoms with van der Waals surface area (Å²) >= 11 is 0. The van der Waals surface area contributed by atoms with Gasteiger partial charge in [-0.05, 0) is 42.1 Å². The second-order valence-electron chi connectivity index (χ2n) is 9.02. The minimum Gasteiger partial charge on any atom is -0.369 e. The highest BCUT2D eigenvalue weighted by Crippen LogP contribution is 2.21. The number of hydrogen-bond donors (Lipinski definition) is 0. The van der Waals surface area contributed by atoms with Gasteiger partial charge in [0, 0.05) is 46.0 Å². The summed E-state index contributed by atoms with van der Waals surface area (Å²) in [6, 6.07) is 5.78. The lowest BCUT2D eigenvalue weighted by atomic mass is 10.1. The fourth-order valence-corrected chi connectivity index (χ4v) is 4.76. The first-order valence-electron chi connectivity index (χ1n) is 11.9. The van der Waals surface area contributed by atoms with Crippen molar-refractivity contribution in [2.45, 2.75) is 38.6 Å². The first kappa shape index (κ1) is 23.4. The molecule has 33 heavy (non-hydrogen) atoms. The predicted octanol–water partition coefficient (Wildman–Crippen LogP) is 2.24. The van der Waals surface area contributed by atoms with E-state index in [1.54, 1.807) is 14.1 Å². The summed E-state index contributed by atoms with van der Waals surface area (Å²) in [4.78, 5) is 37.6. The number of likely N-dealkylation sites (N-methyl/N-ethyl adjacent to an activating group) is 2. The number of rotatable bonds is 8. The molecule has 1 unspecified atom stereocenters. The number of anilines is 1. The van der Waals surface area contributed by atoms with Crippen molar-refractivity contribution in [3.63, 3.8) is 0 Å². The van der Waals surface area contributed by atoms with Crippen molar-refractivity contribution in [3.8, 4) is 0 Å². The van der Waals surface area contributed by atoms with E-state index in [1.165, 1.54) is 28.4 Å². The average molecular weight is 458 g/mol. The molecule has 1 atom stereocenters. The minimum atomic E-state index is -0.519. The van der Waals surface area contributed by atoms with Crippen molar-refractivity contribution in [3.05, 3.63) is 30.1 Å². The molecule has 0 bridgehead atoms. The number of amidine groups is 2. The molecule has 178 valence electrons. The summed E-state index contributed by atoms with van der Waals surface area (Å²) in [6.07, 6.45) is 4.42. The van der Waals surface area contributed by atoms with Gasteiger partial charge in [-0.3, -0.25) is 19.5 Å². The number of imide groups is 1. The van der Waals surface area contributed by atoms with Crippen LogP contribution in [0, 0.1) is 5.82 Å². The molecule has 0 radical (unpaired) electrons. The van der Waals surface area contributed by atoms with E-state index in [4.69, 9.17) is 4.99 Å². The van der Waals surface area contributed by atoms with Crippen LogP contribution in [0.25, 0.3) is 0 Å². The Morgan fingerprint density at radius 2 is 1.70 bits per heavy atom. The van der Waals surface area contributed by atoms with E-state index in [0.717, 1.165) is 63.5 Å². The van der Waals surface area contributed by atoms with Gasteiger partial charge in [0.1, 0.15) is 12.4 Å². The maximum atomic E-state index is 13.2. The monoisotopic (exact) mass is 457 g/mol. The molecular weight excluding hydrogens is 423 g/mol. The van der Waals surface area contributed by atoms with Crippen LogP contribution in [0.1, 0.15) is 32.6 Å². The SMILES string of the molecule is CCCCCC[N+]1=C(CN2CCN(c3ccc(F)cc3)CC2)N=C2C1C(=O)N(C)C(=O)N2C. The van der Waals surface area contributed by atoms with Crippen molar-refractivity contribution in [1.29, 1.82) is 0 Å². The molecule has 1 aromatic carbocycles. The Labute approximate surface area is 195 Å². The Balaban J connectivity index is 1.48. The largest absolute Gasteiger partial charge is 0.369 e. The number of aliphatic imine (C=N–C) groups is 1. The molecule has 2 saturated heterocycles. The molecule has 0 N–H and O–H groups in total. The van der Waals surface area contributed by atoms with Crippen LogP contribution in [0.2, 0.25) is 0 Å². The number of amides is 3. The number of carbonyl (C=O) groups excluding carboxylic acids is 2. The second-order valence-corrected chi connectivity index (χ2v) is 9.02. The summed E-state index contributed by atoms with van der Waals surface area (Å²) in [5.41, 5.74) is 1.03. The van der Waals surface area contributed by atoms with Gasteiger partial charge in [0.25, 0.3) is 17.8 Å². The molecule has 3 amide bonds. The highest BCUT2D eigenvalue weighted by molar-refractivity contribution is 6.23. The molecule has 9 heteroatoms. The molecule has 3 aliphatic heterocycles. The molecule has 3 heterocycles. The van der Waals surface area contributed by atoms with E-state index >= 15 is 0 Å². The topological polar surface area (TPSA) is 62.5 Å². The van der Waals surface area contributed by atoms with Gasteiger partial charge in [0.2, 0.25) is 0 Å². The quantitative estimate of drug-likeness (QED) is 0.444. The van der Waals surface area contributed by atoms with Crippen LogP contribution in [0.3, 0.4) is 0 Å². The van der Waals surface area contributed by atoms with Crippen LogP contribution in [0.5, 0.6) is 0 Å². The van der Waals surface area contributed by atoms with Crippen molar-refractivity contribution in [2.75, 3.05) is 58.3 Å². The van der Waals surface area contributed by atoms with Gasteiger partial charge in [-0.25, -0.2) is 13.8 Å². The molecule has 1 aromatic rings. The summed E-state index contributed by atoms with van der Waals surface area (Å²) in [5, 5.41) is 0. The Bertz CT molecular complexity index is 952. The van der Waals surface area contributed by atoms with E-state index in [2.05, 4.69) is 21.3 Å². The Kier molecular flexibility index (Phi) is 7.07. The summed E-state index contributed by atoms with van der Waals surface area (Å²) < 4.78 is 15.4. The number of nitrogens with zero attached hydrogens (tertiary/aromatic N) is 6. The lowest BCUT2D eigenvalue weighted by Gasteiger charge is -2.35. The number of benzene rings is 1. The highest BCUT2D eigenvalue weighted by Gasteiger charge is 2.52. The van der Waals surface area contributed by atoms with E-state index in [0.29, 0.717) is 12.4 Å². The van der Waals surface area contributed by atoms with Crippen LogP contribution < -0.4 is 4.90 Å². The lowest BCUT2D eigenvalue weighted by Crippen LogP contribution is -2.61. The second kappa shape index (κ2) is 9.99. The van der Waals surface area contributed by atoms with Gasteiger partial charge >= 0.3 is 11.9 Å². The summed E-state index contributed by atoms with van der Waals surface area (Å²) in [7, 11) is 3.23. The van der Waals surface area contributed by atoms with Crippen molar-refractivity contribution in [1.82, 2.24) is 14.7 Å². The number of halogens is 1. The van der Waals surface area contributed by atoms with Gasteiger partial charge in [0.05, 0.1) is 6.54 Å². The van der Waals surface area contributed by atoms with Gasteiger partial charge in [-0.15, -0.1) is 0 Å². The molecule has 0 aliphatic carbocycles. The number of unbranched alkanes of at least 4 members (excludes halogenated alkanes) is 3. The highest BCUT2D eigenvalue weighted by atomic mass is 19.1. The lowest BCUT2D eigenvalue weighted by molar-refractivity contribution is -0.537. The maximum Gasteiger partial charge on any atom is 0.333 e. The zero-order valence-corrected chi connectivity index (χ0v) is 19.8. The maximum absolute atomic E-state index is 13.2. The summed E-state index contributed by atoms with van der Waals surface area (Å²) in [6.45, 7) is 6.96.